The maximum Gasteiger partial charge on any atom is 0.0547 e. The highest BCUT2D eigenvalue weighted by molar-refractivity contribution is 6.16. The molecule has 0 aliphatic heterocycles. The Morgan fingerprint density at radius 1 is 0.531 bits per heavy atom. The number of aromatic nitrogens is 1. The second kappa shape index (κ2) is 7.10. The molecule has 0 unspecified atom stereocenters. The molecule has 1 aromatic heterocycles. The predicted octanol–water partition coefficient (Wildman–Crippen LogP) is 8.53. The van der Waals surface area contributed by atoms with Crippen molar-refractivity contribution in [3.8, 4) is 16.8 Å². The van der Waals surface area contributed by atoms with Gasteiger partial charge in [0.15, 0.2) is 0 Å². The van der Waals surface area contributed by atoms with Crippen LogP contribution in [0.25, 0.3) is 49.4 Å². The van der Waals surface area contributed by atoms with Gasteiger partial charge in [0, 0.05) is 16.5 Å². The minimum atomic E-state index is 1.20. The molecule has 154 valence electrons. The molecule has 0 N–H and O–H groups in total. The molecule has 0 radical (unpaired) electrons. The Bertz CT molecular complexity index is 1630. The number of nitrogens with zero attached hydrogens (tertiary/aromatic N) is 1. The zero-order chi connectivity index (χ0) is 21.8. The maximum absolute atomic E-state index is 2.42. The van der Waals surface area contributed by atoms with Crippen molar-refractivity contribution in [1.82, 2.24) is 4.57 Å². The molecule has 0 aliphatic rings. The minimum absolute atomic E-state index is 1.20. The van der Waals surface area contributed by atoms with Crippen LogP contribution in [0, 0.1) is 20.8 Å². The van der Waals surface area contributed by atoms with Crippen LogP contribution in [-0.2, 0) is 0 Å². The highest BCUT2D eigenvalue weighted by Crippen LogP contribution is 2.40. The second-order valence-corrected chi connectivity index (χ2v) is 8.85. The lowest BCUT2D eigenvalue weighted by Crippen LogP contribution is -1.94. The van der Waals surface area contributed by atoms with Gasteiger partial charge in [-0.1, -0.05) is 66.2 Å². The van der Waals surface area contributed by atoms with E-state index in [0.29, 0.717) is 0 Å². The first-order chi connectivity index (χ1) is 15.6. The summed E-state index contributed by atoms with van der Waals surface area (Å²) in [5, 5.41) is 5.21. The smallest absolute Gasteiger partial charge is 0.0547 e. The fourth-order valence-electron chi connectivity index (χ4n) is 5.13. The third-order valence-electron chi connectivity index (χ3n) is 6.70. The predicted molar refractivity (Wildman–Crippen MR) is 138 cm³/mol. The van der Waals surface area contributed by atoms with E-state index < -0.39 is 0 Å². The molecule has 0 bridgehead atoms. The molecular formula is C31H25N. The first-order valence-corrected chi connectivity index (χ1v) is 11.2. The van der Waals surface area contributed by atoms with E-state index in [-0.39, 0.29) is 0 Å². The van der Waals surface area contributed by atoms with E-state index in [0.717, 1.165) is 0 Å². The second-order valence-electron chi connectivity index (χ2n) is 8.85. The SMILES string of the molecule is Cc1ccc2c(c1)c1cc3c(-c4ccccc4C)c(C)ccc3cc1n2-c1ccccc1. The summed E-state index contributed by atoms with van der Waals surface area (Å²) in [6.07, 6.45) is 0. The van der Waals surface area contributed by atoms with E-state index in [1.807, 2.05) is 0 Å². The van der Waals surface area contributed by atoms with E-state index >= 15 is 0 Å². The Morgan fingerprint density at radius 2 is 1.28 bits per heavy atom. The highest BCUT2D eigenvalue weighted by Gasteiger charge is 2.16. The molecule has 1 heteroatoms. The molecule has 1 nitrogen and oxygen atoms in total. The summed E-state index contributed by atoms with van der Waals surface area (Å²) in [6, 6.07) is 35.5. The van der Waals surface area contributed by atoms with Gasteiger partial charge in [-0.3, -0.25) is 0 Å². The fourth-order valence-corrected chi connectivity index (χ4v) is 5.13. The quantitative estimate of drug-likeness (QED) is 0.269. The molecule has 0 saturated heterocycles. The van der Waals surface area contributed by atoms with Crippen LogP contribution in [0.4, 0.5) is 0 Å². The van der Waals surface area contributed by atoms with Gasteiger partial charge in [0.25, 0.3) is 0 Å². The molecule has 6 rings (SSSR count). The molecular weight excluding hydrogens is 386 g/mol. The Labute approximate surface area is 188 Å². The fraction of sp³-hybridized carbons (Fsp3) is 0.0968. The Kier molecular flexibility index (Phi) is 4.19. The van der Waals surface area contributed by atoms with Gasteiger partial charge in [-0.05, 0) is 90.2 Å². The van der Waals surface area contributed by atoms with Gasteiger partial charge >= 0.3 is 0 Å². The van der Waals surface area contributed by atoms with Crippen LogP contribution in [0.5, 0.6) is 0 Å². The van der Waals surface area contributed by atoms with Crippen LogP contribution >= 0.6 is 0 Å². The van der Waals surface area contributed by atoms with Crippen LogP contribution in [0.15, 0.2) is 97.1 Å². The first-order valence-electron chi connectivity index (χ1n) is 11.2. The molecule has 6 aromatic rings. The molecule has 0 amide bonds. The van der Waals surface area contributed by atoms with Crippen molar-refractivity contribution >= 4 is 32.6 Å². The van der Waals surface area contributed by atoms with E-state index in [1.165, 1.54) is 66.1 Å². The summed E-state index contributed by atoms with van der Waals surface area (Å²) in [5.74, 6) is 0. The van der Waals surface area contributed by atoms with Gasteiger partial charge in [-0.2, -0.15) is 0 Å². The van der Waals surface area contributed by atoms with Crippen molar-refractivity contribution in [3.63, 3.8) is 0 Å². The van der Waals surface area contributed by atoms with Crippen molar-refractivity contribution in [3.05, 3.63) is 114 Å². The molecule has 0 aliphatic carbocycles. The Morgan fingerprint density at radius 3 is 2.09 bits per heavy atom. The number of hydrogen-bond acceptors (Lipinski definition) is 0. The standard InChI is InChI=1S/C31H25N/c1-20-13-16-29-27(17-20)28-19-26-23(18-30(28)32(29)24-10-5-4-6-11-24)15-14-22(3)31(26)25-12-8-7-9-21(25)2/h4-19H,1-3H3. The van der Waals surface area contributed by atoms with E-state index in [4.69, 9.17) is 0 Å². The first kappa shape index (κ1) is 18.9. The molecule has 1 heterocycles. The largest absolute Gasteiger partial charge is 0.309 e. The van der Waals surface area contributed by atoms with Crippen LogP contribution < -0.4 is 0 Å². The zero-order valence-electron chi connectivity index (χ0n) is 18.7. The lowest BCUT2D eigenvalue weighted by molar-refractivity contribution is 1.18. The van der Waals surface area contributed by atoms with E-state index in [9.17, 15) is 0 Å². The molecule has 0 fully saturated rings. The average Bonchev–Trinajstić information content (AvgIpc) is 3.11. The number of hydrogen-bond donors (Lipinski definition) is 0. The van der Waals surface area contributed by atoms with Gasteiger partial charge in [0.2, 0.25) is 0 Å². The molecule has 0 atom stereocenters. The maximum atomic E-state index is 2.42. The van der Waals surface area contributed by atoms with Gasteiger partial charge < -0.3 is 4.57 Å². The number of benzene rings is 5. The number of rotatable bonds is 2. The lowest BCUT2D eigenvalue weighted by Gasteiger charge is -2.14. The summed E-state index contributed by atoms with van der Waals surface area (Å²) < 4.78 is 2.40. The van der Waals surface area contributed by atoms with Crippen LogP contribution in [0.3, 0.4) is 0 Å². The Hall–Kier alpha value is -3.84. The monoisotopic (exact) mass is 411 g/mol. The molecule has 0 saturated carbocycles. The minimum Gasteiger partial charge on any atom is -0.309 e. The summed E-state index contributed by atoms with van der Waals surface area (Å²) in [5.41, 5.74) is 10.3. The van der Waals surface area contributed by atoms with E-state index in [1.54, 1.807) is 0 Å². The van der Waals surface area contributed by atoms with Crippen molar-refractivity contribution < 1.29 is 0 Å². The number of fused-ring (bicyclic) bond motifs is 4. The van der Waals surface area contributed by atoms with Gasteiger partial charge in [0.05, 0.1) is 11.0 Å². The van der Waals surface area contributed by atoms with Gasteiger partial charge in [-0.25, -0.2) is 0 Å². The lowest BCUT2D eigenvalue weighted by atomic mass is 9.90. The topological polar surface area (TPSA) is 4.93 Å². The molecule has 5 aromatic carbocycles. The van der Waals surface area contributed by atoms with Crippen molar-refractivity contribution in [2.75, 3.05) is 0 Å². The van der Waals surface area contributed by atoms with Gasteiger partial charge in [0.1, 0.15) is 0 Å². The third kappa shape index (κ3) is 2.78. The highest BCUT2D eigenvalue weighted by atomic mass is 15.0. The molecule has 32 heavy (non-hydrogen) atoms. The van der Waals surface area contributed by atoms with Crippen LogP contribution in [-0.4, -0.2) is 4.57 Å². The Balaban J connectivity index is 1.79. The van der Waals surface area contributed by atoms with Crippen molar-refractivity contribution in [2.24, 2.45) is 0 Å². The van der Waals surface area contributed by atoms with Crippen LogP contribution in [0.1, 0.15) is 16.7 Å². The molecule has 0 spiro atoms. The van der Waals surface area contributed by atoms with Crippen molar-refractivity contribution in [2.45, 2.75) is 20.8 Å². The number of aryl methyl sites for hydroxylation is 3. The summed E-state index contributed by atoms with van der Waals surface area (Å²) >= 11 is 0. The summed E-state index contributed by atoms with van der Waals surface area (Å²) in [4.78, 5) is 0. The average molecular weight is 412 g/mol. The summed E-state index contributed by atoms with van der Waals surface area (Å²) in [7, 11) is 0. The van der Waals surface area contributed by atoms with E-state index in [2.05, 4.69) is 122 Å². The van der Waals surface area contributed by atoms with Crippen molar-refractivity contribution in [1.29, 1.82) is 0 Å². The normalized spacial score (nSPS) is 11.6. The zero-order valence-corrected chi connectivity index (χ0v) is 18.7. The van der Waals surface area contributed by atoms with Crippen LogP contribution in [0.2, 0.25) is 0 Å². The summed E-state index contributed by atoms with van der Waals surface area (Å²) in [6.45, 7) is 6.61. The third-order valence-corrected chi connectivity index (χ3v) is 6.70. The number of para-hydroxylation sites is 1. The van der Waals surface area contributed by atoms with Gasteiger partial charge in [-0.15, -0.1) is 0 Å².